The number of aliphatic carboxylic acids is 1. The number of nitrogens with zero attached hydrogens (tertiary/aromatic N) is 1. The smallest absolute Gasteiger partial charge is 0.307 e. The molecule has 214 valence electrons. The fraction of sp³-hybridized carbons (Fsp3) is 0.303. The summed E-state index contributed by atoms with van der Waals surface area (Å²) in [5.74, 6) is 0.547. The average Bonchev–Trinajstić information content (AvgIpc) is 3.32. The Morgan fingerprint density at radius 2 is 1.63 bits per heavy atom. The molecule has 41 heavy (non-hydrogen) atoms. The third kappa shape index (κ3) is 8.28. The van der Waals surface area contributed by atoms with Crippen molar-refractivity contribution in [1.82, 2.24) is 4.98 Å². The molecule has 0 aliphatic carbocycles. The lowest BCUT2D eigenvalue weighted by atomic mass is 9.95. The van der Waals surface area contributed by atoms with Crippen LogP contribution in [0.15, 0.2) is 77.2 Å². The van der Waals surface area contributed by atoms with Crippen LogP contribution in [-0.4, -0.2) is 34.7 Å². The highest BCUT2D eigenvalue weighted by Crippen LogP contribution is 2.28. The Morgan fingerprint density at radius 1 is 0.951 bits per heavy atom. The van der Waals surface area contributed by atoms with E-state index in [1.165, 1.54) is 0 Å². The van der Waals surface area contributed by atoms with Gasteiger partial charge in [0.2, 0.25) is 5.89 Å². The second-order valence-corrected chi connectivity index (χ2v) is 10.2. The van der Waals surface area contributed by atoms with Gasteiger partial charge in [-0.2, -0.15) is 0 Å². The lowest BCUT2D eigenvalue weighted by Gasteiger charge is -2.18. The van der Waals surface area contributed by atoms with E-state index in [9.17, 15) is 9.59 Å². The van der Waals surface area contributed by atoms with Crippen LogP contribution in [-0.2, 0) is 27.2 Å². The number of rotatable bonds is 13. The molecule has 0 fully saturated rings. The van der Waals surface area contributed by atoms with Crippen molar-refractivity contribution in [1.29, 1.82) is 0 Å². The quantitative estimate of drug-likeness (QED) is 0.184. The molecule has 4 rings (SSSR count). The number of carbonyl (C=O) groups excluding carboxylic acids is 1. The van der Waals surface area contributed by atoms with Crippen LogP contribution in [0.2, 0.25) is 0 Å². The van der Waals surface area contributed by atoms with Gasteiger partial charge in [-0.1, -0.05) is 48.5 Å². The van der Waals surface area contributed by atoms with Crippen molar-refractivity contribution in [2.24, 2.45) is 5.73 Å². The average molecular weight is 557 g/mol. The SMILES string of the molecule is Cc1oc(-c2ccc(-c3ccccc3)cc2)nc1CCOc1ccc(CCC(=O)O)c(C(N)CC(=O)OC(C)C)c1. The molecule has 0 amide bonds. The van der Waals surface area contributed by atoms with Crippen molar-refractivity contribution in [3.63, 3.8) is 0 Å². The van der Waals surface area contributed by atoms with E-state index in [0.29, 0.717) is 36.7 Å². The molecule has 4 aromatic rings. The van der Waals surface area contributed by atoms with Crippen LogP contribution in [0.3, 0.4) is 0 Å². The summed E-state index contributed by atoms with van der Waals surface area (Å²) in [4.78, 5) is 28.0. The van der Waals surface area contributed by atoms with Crippen LogP contribution >= 0.6 is 0 Å². The van der Waals surface area contributed by atoms with Crippen molar-refractivity contribution in [2.45, 2.75) is 58.6 Å². The third-order valence-electron chi connectivity index (χ3n) is 6.62. The minimum absolute atomic E-state index is 0.0189. The lowest BCUT2D eigenvalue weighted by molar-refractivity contribution is -0.147. The molecule has 0 saturated carbocycles. The van der Waals surface area contributed by atoms with Gasteiger partial charge in [0.15, 0.2) is 0 Å². The molecule has 1 unspecified atom stereocenters. The second kappa shape index (κ2) is 13.8. The molecule has 3 N–H and O–H groups in total. The van der Waals surface area contributed by atoms with Gasteiger partial charge in [0.25, 0.3) is 0 Å². The summed E-state index contributed by atoms with van der Waals surface area (Å²) < 4.78 is 17.2. The zero-order valence-corrected chi connectivity index (χ0v) is 23.6. The summed E-state index contributed by atoms with van der Waals surface area (Å²) in [6.45, 7) is 5.78. The Kier molecular flexibility index (Phi) is 9.92. The Hall–Kier alpha value is -4.43. The number of carbonyl (C=O) groups is 2. The monoisotopic (exact) mass is 556 g/mol. The normalized spacial score (nSPS) is 11.8. The number of oxazole rings is 1. The van der Waals surface area contributed by atoms with Crippen LogP contribution in [0.4, 0.5) is 0 Å². The summed E-state index contributed by atoms with van der Waals surface area (Å²) in [5, 5.41) is 9.14. The molecule has 8 nitrogen and oxygen atoms in total. The van der Waals surface area contributed by atoms with E-state index in [4.69, 9.17) is 29.7 Å². The number of ether oxygens (including phenoxy) is 2. The number of carboxylic acid groups (broad SMARTS) is 1. The molecule has 0 radical (unpaired) electrons. The van der Waals surface area contributed by atoms with Gasteiger partial charge in [-0.05, 0) is 73.7 Å². The van der Waals surface area contributed by atoms with Crippen LogP contribution in [0.5, 0.6) is 5.75 Å². The van der Waals surface area contributed by atoms with Gasteiger partial charge in [-0.15, -0.1) is 0 Å². The molecule has 8 heteroatoms. The first-order valence-electron chi connectivity index (χ1n) is 13.7. The summed E-state index contributed by atoms with van der Waals surface area (Å²) in [5.41, 5.74) is 11.8. The molecule has 0 spiro atoms. The molecular weight excluding hydrogens is 520 g/mol. The first kappa shape index (κ1) is 29.6. The largest absolute Gasteiger partial charge is 0.493 e. The summed E-state index contributed by atoms with van der Waals surface area (Å²) in [7, 11) is 0. The number of carboxylic acids is 1. The predicted molar refractivity (Wildman–Crippen MR) is 156 cm³/mol. The van der Waals surface area contributed by atoms with Crippen molar-refractivity contribution in [3.8, 4) is 28.3 Å². The molecule has 0 aliphatic rings. The second-order valence-electron chi connectivity index (χ2n) is 10.2. The predicted octanol–water partition coefficient (Wildman–Crippen LogP) is 6.30. The number of hydrogen-bond donors (Lipinski definition) is 2. The minimum Gasteiger partial charge on any atom is -0.493 e. The Labute approximate surface area is 240 Å². The molecular formula is C33H36N2O6. The zero-order valence-electron chi connectivity index (χ0n) is 23.6. The van der Waals surface area contributed by atoms with Crippen LogP contribution in [0.25, 0.3) is 22.6 Å². The van der Waals surface area contributed by atoms with E-state index in [1.54, 1.807) is 32.0 Å². The van der Waals surface area contributed by atoms with Gasteiger partial charge in [-0.3, -0.25) is 9.59 Å². The maximum atomic E-state index is 12.2. The zero-order chi connectivity index (χ0) is 29.4. The molecule has 3 aromatic carbocycles. The van der Waals surface area contributed by atoms with Gasteiger partial charge in [-0.25, -0.2) is 4.98 Å². The maximum absolute atomic E-state index is 12.2. The minimum atomic E-state index is -0.904. The maximum Gasteiger partial charge on any atom is 0.307 e. The van der Waals surface area contributed by atoms with Gasteiger partial charge < -0.3 is 24.7 Å². The van der Waals surface area contributed by atoms with Crippen molar-refractivity contribution in [2.75, 3.05) is 6.61 Å². The van der Waals surface area contributed by atoms with Gasteiger partial charge in [0, 0.05) is 24.4 Å². The Bertz CT molecular complexity index is 1460. The van der Waals surface area contributed by atoms with Crippen LogP contribution < -0.4 is 10.5 Å². The molecule has 1 heterocycles. The first-order valence-corrected chi connectivity index (χ1v) is 13.7. The van der Waals surface area contributed by atoms with E-state index < -0.39 is 18.0 Å². The van der Waals surface area contributed by atoms with E-state index in [0.717, 1.165) is 33.7 Å². The molecule has 1 aromatic heterocycles. The van der Waals surface area contributed by atoms with E-state index >= 15 is 0 Å². The highest BCUT2D eigenvalue weighted by atomic mass is 16.5. The molecule has 0 bridgehead atoms. The highest BCUT2D eigenvalue weighted by molar-refractivity contribution is 5.71. The number of benzene rings is 3. The fourth-order valence-electron chi connectivity index (χ4n) is 4.56. The van der Waals surface area contributed by atoms with Gasteiger partial charge >= 0.3 is 11.9 Å². The number of aryl methyl sites for hydroxylation is 2. The topological polar surface area (TPSA) is 125 Å². The number of aromatic nitrogens is 1. The third-order valence-corrected chi connectivity index (χ3v) is 6.62. The van der Waals surface area contributed by atoms with Gasteiger partial charge in [0.1, 0.15) is 11.5 Å². The molecule has 0 aliphatic heterocycles. The van der Waals surface area contributed by atoms with Crippen molar-refractivity contribution < 1.29 is 28.6 Å². The number of hydrogen-bond acceptors (Lipinski definition) is 7. The van der Waals surface area contributed by atoms with E-state index in [1.807, 2.05) is 37.3 Å². The summed E-state index contributed by atoms with van der Waals surface area (Å²) in [6.07, 6.45) is 0.518. The van der Waals surface area contributed by atoms with Crippen LogP contribution in [0, 0.1) is 6.92 Å². The molecule has 0 saturated heterocycles. The van der Waals surface area contributed by atoms with Crippen molar-refractivity contribution >= 4 is 11.9 Å². The van der Waals surface area contributed by atoms with Crippen molar-refractivity contribution in [3.05, 3.63) is 95.4 Å². The number of esters is 1. The Morgan fingerprint density at radius 3 is 2.32 bits per heavy atom. The standard InChI is InChI=1S/C33H36N2O6/c1-21(2)40-32(38)20-29(34)28-19-27(15-13-25(28)14-16-31(36)37)39-18-17-30-22(3)41-33(35-30)26-11-9-24(10-12-26)23-7-5-4-6-8-23/h4-13,15,19,21,29H,14,16-18,20,34H2,1-3H3,(H,36,37). The Balaban J connectivity index is 1.41. The summed E-state index contributed by atoms with van der Waals surface area (Å²) in [6, 6.07) is 23.0. The van der Waals surface area contributed by atoms with E-state index in [-0.39, 0.29) is 18.9 Å². The number of nitrogens with two attached hydrogens (primary N) is 1. The lowest BCUT2D eigenvalue weighted by Crippen LogP contribution is -2.21. The summed E-state index contributed by atoms with van der Waals surface area (Å²) >= 11 is 0. The fourth-order valence-corrected chi connectivity index (χ4v) is 4.56. The molecule has 1 atom stereocenters. The first-order chi connectivity index (χ1) is 19.7. The highest BCUT2D eigenvalue weighted by Gasteiger charge is 2.19. The van der Waals surface area contributed by atoms with E-state index in [2.05, 4.69) is 24.3 Å². The van der Waals surface area contributed by atoms with Gasteiger partial charge in [0.05, 0.1) is 24.8 Å². The van der Waals surface area contributed by atoms with Crippen LogP contribution in [0.1, 0.15) is 55.3 Å².